The molecular weight excluding hydrogens is 378 g/mol. The van der Waals surface area contributed by atoms with Crippen molar-refractivity contribution >= 4 is 21.6 Å². The summed E-state index contributed by atoms with van der Waals surface area (Å²) in [5.74, 6) is 1.68. The van der Waals surface area contributed by atoms with Gasteiger partial charge in [0.15, 0.2) is 11.5 Å². The van der Waals surface area contributed by atoms with Crippen LogP contribution >= 0.6 is 15.9 Å². The molecule has 0 saturated heterocycles. The smallest absolute Gasteiger partial charge is 0.280 e. The summed E-state index contributed by atoms with van der Waals surface area (Å²) in [5.41, 5.74) is 1.15. The third-order valence-corrected chi connectivity index (χ3v) is 3.93. The van der Waals surface area contributed by atoms with Gasteiger partial charge in [0, 0.05) is 6.54 Å². The van der Waals surface area contributed by atoms with E-state index in [0.29, 0.717) is 47.3 Å². The van der Waals surface area contributed by atoms with Gasteiger partial charge in [-0.2, -0.15) is 0 Å². The molecule has 1 aromatic heterocycles. The monoisotopic (exact) mass is 397 g/mol. The summed E-state index contributed by atoms with van der Waals surface area (Å²) in [6.07, 6.45) is 0. The van der Waals surface area contributed by atoms with Crippen molar-refractivity contribution in [3.63, 3.8) is 0 Å². The fourth-order valence-corrected chi connectivity index (χ4v) is 2.50. The van der Waals surface area contributed by atoms with E-state index in [1.807, 2.05) is 32.0 Å². The van der Waals surface area contributed by atoms with Crippen molar-refractivity contribution in [3.05, 3.63) is 38.6 Å². The highest BCUT2D eigenvalue weighted by atomic mass is 79.9. The van der Waals surface area contributed by atoms with Gasteiger partial charge in [0.2, 0.25) is 0 Å². The van der Waals surface area contributed by atoms with Gasteiger partial charge in [-0.05, 0) is 47.5 Å². The molecule has 2 N–H and O–H groups in total. The second kappa shape index (κ2) is 8.58. The first-order chi connectivity index (χ1) is 11.6. The molecule has 1 heterocycles. The van der Waals surface area contributed by atoms with Crippen molar-refractivity contribution in [1.29, 1.82) is 0 Å². The largest absolute Gasteiger partial charge is 0.493 e. The lowest BCUT2D eigenvalue weighted by Crippen LogP contribution is -2.15. The number of hydrogen-bond donors (Lipinski definition) is 2. The zero-order valence-electron chi connectivity index (χ0n) is 13.8. The molecule has 0 unspecified atom stereocenters. The predicted octanol–water partition coefficient (Wildman–Crippen LogP) is 2.95. The number of halogens is 1. The maximum atomic E-state index is 11.7. The van der Waals surface area contributed by atoms with Crippen LogP contribution in [-0.4, -0.2) is 30.5 Å². The minimum atomic E-state index is -0.328. The van der Waals surface area contributed by atoms with Crippen LogP contribution in [0.2, 0.25) is 0 Å². The van der Waals surface area contributed by atoms with Crippen LogP contribution in [-0.2, 0) is 6.54 Å². The van der Waals surface area contributed by atoms with Gasteiger partial charge in [-0.15, -0.1) is 5.10 Å². The molecule has 0 fully saturated rings. The average Bonchev–Trinajstić information content (AvgIpc) is 2.58. The third-order valence-electron chi connectivity index (χ3n) is 3.17. The molecule has 1 aromatic carbocycles. The lowest BCUT2D eigenvalue weighted by molar-refractivity contribution is 0.310. The number of methoxy groups -OCH3 is 1. The third kappa shape index (κ3) is 4.19. The Balaban J connectivity index is 2.23. The fourth-order valence-electron chi connectivity index (χ4n) is 2.10. The summed E-state index contributed by atoms with van der Waals surface area (Å²) < 4.78 is 16.6. The number of rotatable bonds is 8. The van der Waals surface area contributed by atoms with E-state index in [-0.39, 0.29) is 5.56 Å². The van der Waals surface area contributed by atoms with E-state index < -0.39 is 0 Å². The van der Waals surface area contributed by atoms with Gasteiger partial charge >= 0.3 is 0 Å². The second-order valence-corrected chi connectivity index (χ2v) is 5.54. The SMILES string of the molecule is CCOc1cc(CNc2c(OCC)n[nH]c(=O)c2Br)ccc1OC. The summed E-state index contributed by atoms with van der Waals surface area (Å²) in [4.78, 5) is 11.7. The molecule has 2 rings (SSSR count). The van der Waals surface area contributed by atoms with Crippen LogP contribution in [0.25, 0.3) is 0 Å². The normalized spacial score (nSPS) is 10.3. The number of benzene rings is 1. The van der Waals surface area contributed by atoms with Gasteiger partial charge in [-0.3, -0.25) is 4.79 Å². The maximum absolute atomic E-state index is 11.7. The van der Waals surface area contributed by atoms with E-state index >= 15 is 0 Å². The van der Waals surface area contributed by atoms with E-state index in [9.17, 15) is 4.79 Å². The lowest BCUT2D eigenvalue weighted by Gasteiger charge is -2.14. The molecule has 0 aliphatic heterocycles. The van der Waals surface area contributed by atoms with Crippen LogP contribution in [0.15, 0.2) is 27.5 Å². The molecule has 0 spiro atoms. The van der Waals surface area contributed by atoms with Gasteiger partial charge in [0.05, 0.1) is 20.3 Å². The van der Waals surface area contributed by atoms with Crippen LogP contribution < -0.4 is 25.1 Å². The van der Waals surface area contributed by atoms with Gasteiger partial charge in [0.1, 0.15) is 10.2 Å². The molecule has 130 valence electrons. The van der Waals surface area contributed by atoms with Crippen molar-refractivity contribution in [2.24, 2.45) is 0 Å². The Kier molecular flexibility index (Phi) is 6.48. The number of nitrogens with one attached hydrogen (secondary N) is 2. The highest BCUT2D eigenvalue weighted by Crippen LogP contribution is 2.30. The Morgan fingerprint density at radius 3 is 2.62 bits per heavy atom. The Bertz CT molecular complexity index is 749. The summed E-state index contributed by atoms with van der Waals surface area (Å²) in [6.45, 7) is 5.22. The Labute approximate surface area is 148 Å². The first-order valence-electron chi connectivity index (χ1n) is 7.55. The van der Waals surface area contributed by atoms with E-state index in [4.69, 9.17) is 14.2 Å². The molecule has 0 saturated carbocycles. The van der Waals surface area contributed by atoms with Gasteiger partial charge < -0.3 is 19.5 Å². The Morgan fingerprint density at radius 2 is 1.96 bits per heavy atom. The predicted molar refractivity (Wildman–Crippen MR) is 95.2 cm³/mol. The topological polar surface area (TPSA) is 85.5 Å². The molecule has 8 heteroatoms. The molecule has 0 aliphatic rings. The van der Waals surface area contributed by atoms with Crippen LogP contribution in [0, 0.1) is 0 Å². The van der Waals surface area contributed by atoms with Crippen molar-refractivity contribution in [1.82, 2.24) is 10.2 Å². The number of anilines is 1. The van der Waals surface area contributed by atoms with E-state index in [0.717, 1.165) is 5.56 Å². The molecule has 0 aliphatic carbocycles. The first-order valence-corrected chi connectivity index (χ1v) is 8.34. The van der Waals surface area contributed by atoms with E-state index in [1.165, 1.54) is 0 Å². The molecule has 7 nitrogen and oxygen atoms in total. The second-order valence-electron chi connectivity index (χ2n) is 4.75. The summed E-state index contributed by atoms with van der Waals surface area (Å²) in [6, 6.07) is 5.66. The quantitative estimate of drug-likeness (QED) is 0.711. The fraction of sp³-hybridized carbons (Fsp3) is 0.375. The standard InChI is InChI=1S/C16H20BrN3O4/c1-4-23-12-8-10(6-7-11(12)22-3)9-18-14-13(17)15(21)19-20-16(14)24-5-2/h6-8H,4-5,9H2,1-3H3,(H2,18,19,21). The van der Waals surface area contributed by atoms with Crippen molar-refractivity contribution in [2.75, 3.05) is 25.6 Å². The van der Waals surface area contributed by atoms with Crippen molar-refractivity contribution in [3.8, 4) is 17.4 Å². The number of nitrogens with zero attached hydrogens (tertiary/aromatic N) is 1. The van der Waals surface area contributed by atoms with Crippen LogP contribution in [0.1, 0.15) is 19.4 Å². The minimum absolute atomic E-state index is 0.328. The summed E-state index contributed by atoms with van der Waals surface area (Å²) in [7, 11) is 1.60. The van der Waals surface area contributed by atoms with Crippen LogP contribution in [0.3, 0.4) is 0 Å². The van der Waals surface area contributed by atoms with Gasteiger partial charge in [-0.1, -0.05) is 6.07 Å². The maximum Gasteiger partial charge on any atom is 0.280 e. The zero-order chi connectivity index (χ0) is 17.5. The zero-order valence-corrected chi connectivity index (χ0v) is 15.4. The molecule has 0 atom stereocenters. The van der Waals surface area contributed by atoms with Crippen LogP contribution in [0.5, 0.6) is 17.4 Å². The number of H-pyrrole nitrogens is 1. The molecular formula is C16H20BrN3O4. The van der Waals surface area contributed by atoms with E-state index in [2.05, 4.69) is 31.4 Å². The number of hydrogen-bond acceptors (Lipinski definition) is 6. The number of ether oxygens (including phenoxy) is 3. The Hall–Kier alpha value is -2.22. The summed E-state index contributed by atoms with van der Waals surface area (Å²) >= 11 is 3.27. The summed E-state index contributed by atoms with van der Waals surface area (Å²) in [5, 5.41) is 9.48. The molecule has 2 aromatic rings. The molecule has 24 heavy (non-hydrogen) atoms. The van der Waals surface area contributed by atoms with Gasteiger partial charge in [0.25, 0.3) is 11.4 Å². The average molecular weight is 398 g/mol. The Morgan fingerprint density at radius 1 is 1.21 bits per heavy atom. The van der Waals surface area contributed by atoms with E-state index in [1.54, 1.807) is 7.11 Å². The lowest BCUT2D eigenvalue weighted by atomic mass is 10.2. The highest BCUT2D eigenvalue weighted by molar-refractivity contribution is 9.10. The number of aromatic nitrogens is 2. The molecule has 0 radical (unpaired) electrons. The molecule has 0 amide bonds. The molecule has 0 bridgehead atoms. The number of aromatic amines is 1. The van der Waals surface area contributed by atoms with Crippen LogP contribution in [0.4, 0.5) is 5.69 Å². The first kappa shape index (κ1) is 18.1. The van der Waals surface area contributed by atoms with Crippen molar-refractivity contribution < 1.29 is 14.2 Å². The van der Waals surface area contributed by atoms with Crippen molar-refractivity contribution in [2.45, 2.75) is 20.4 Å². The highest BCUT2D eigenvalue weighted by Gasteiger charge is 2.14. The minimum Gasteiger partial charge on any atom is -0.493 e. The van der Waals surface area contributed by atoms with Gasteiger partial charge in [-0.25, -0.2) is 5.10 Å².